The maximum Gasteiger partial charge on any atom is 0.264 e. The highest BCUT2D eigenvalue weighted by atomic mass is 32.2. The van der Waals surface area contributed by atoms with Crippen molar-refractivity contribution in [3.8, 4) is 0 Å². The van der Waals surface area contributed by atoms with Crippen molar-refractivity contribution in [2.75, 3.05) is 37.7 Å². The van der Waals surface area contributed by atoms with Crippen LogP contribution in [0.5, 0.6) is 0 Å². The molecule has 0 amide bonds. The van der Waals surface area contributed by atoms with Crippen LogP contribution in [-0.4, -0.2) is 68.5 Å². The standard InChI is InChI=1S/C8H20N2O6S2/c9-3-6-10(4-1-7-17(11,12)13)5-2-8-18(14,15)16/h1-9H2,(H,11,12,13)(H,14,15,16). The van der Waals surface area contributed by atoms with Crippen molar-refractivity contribution in [3.63, 3.8) is 0 Å². The molecule has 0 spiro atoms. The fourth-order valence-electron chi connectivity index (χ4n) is 1.46. The molecule has 8 nitrogen and oxygen atoms in total. The Morgan fingerprint density at radius 3 is 1.50 bits per heavy atom. The molecule has 0 rings (SSSR count). The molecule has 0 aromatic carbocycles. The third kappa shape index (κ3) is 12.2. The van der Waals surface area contributed by atoms with Crippen molar-refractivity contribution in [3.05, 3.63) is 0 Å². The van der Waals surface area contributed by atoms with E-state index in [1.54, 1.807) is 4.90 Å². The molecule has 0 aliphatic carbocycles. The van der Waals surface area contributed by atoms with Crippen molar-refractivity contribution in [1.29, 1.82) is 0 Å². The van der Waals surface area contributed by atoms with Gasteiger partial charge in [0.2, 0.25) is 0 Å². The topological polar surface area (TPSA) is 138 Å². The molecule has 0 heterocycles. The second-order valence-electron chi connectivity index (χ2n) is 3.91. The van der Waals surface area contributed by atoms with Gasteiger partial charge in [0, 0.05) is 13.1 Å². The molecule has 110 valence electrons. The minimum Gasteiger partial charge on any atom is -0.329 e. The van der Waals surface area contributed by atoms with Crippen LogP contribution >= 0.6 is 0 Å². The van der Waals surface area contributed by atoms with Crippen LogP contribution in [0, 0.1) is 0 Å². The molecule has 0 saturated heterocycles. The predicted molar refractivity (Wildman–Crippen MR) is 67.6 cm³/mol. The Balaban J connectivity index is 3.99. The lowest BCUT2D eigenvalue weighted by atomic mass is 10.3. The van der Waals surface area contributed by atoms with Gasteiger partial charge < -0.3 is 10.6 Å². The third-order valence-electron chi connectivity index (χ3n) is 2.20. The molecule has 10 heteroatoms. The van der Waals surface area contributed by atoms with E-state index in [1.165, 1.54) is 0 Å². The molecular formula is C8H20N2O6S2. The number of nitrogens with two attached hydrogens (primary N) is 1. The number of nitrogens with zero attached hydrogens (tertiary/aromatic N) is 1. The molecule has 0 unspecified atom stereocenters. The fourth-order valence-corrected chi connectivity index (χ4v) is 2.45. The lowest BCUT2D eigenvalue weighted by molar-refractivity contribution is 0.281. The van der Waals surface area contributed by atoms with E-state index in [2.05, 4.69) is 0 Å². The monoisotopic (exact) mass is 304 g/mol. The number of hydrogen-bond acceptors (Lipinski definition) is 6. The van der Waals surface area contributed by atoms with Crippen LogP contribution in [0.2, 0.25) is 0 Å². The quantitative estimate of drug-likeness (QED) is 0.428. The van der Waals surface area contributed by atoms with Gasteiger partial charge in [0.1, 0.15) is 0 Å². The van der Waals surface area contributed by atoms with Gasteiger partial charge in [-0.05, 0) is 25.9 Å². The zero-order valence-electron chi connectivity index (χ0n) is 10.0. The highest BCUT2D eigenvalue weighted by Crippen LogP contribution is 1.98. The summed E-state index contributed by atoms with van der Waals surface area (Å²) in [6.45, 7) is 1.64. The van der Waals surface area contributed by atoms with Crippen LogP contribution in [0.4, 0.5) is 0 Å². The van der Waals surface area contributed by atoms with Gasteiger partial charge in [-0.25, -0.2) is 0 Å². The van der Waals surface area contributed by atoms with Gasteiger partial charge in [0.15, 0.2) is 0 Å². The first-order valence-corrected chi connectivity index (χ1v) is 8.68. The molecule has 0 aromatic rings. The Bertz CT molecular complexity index is 381. The average Bonchev–Trinajstić information content (AvgIpc) is 2.13. The summed E-state index contributed by atoms with van der Waals surface area (Å²) in [5.41, 5.74) is 5.37. The van der Waals surface area contributed by atoms with Gasteiger partial charge in [-0.1, -0.05) is 0 Å². The number of rotatable bonds is 10. The first kappa shape index (κ1) is 17.7. The third-order valence-corrected chi connectivity index (χ3v) is 3.81. The van der Waals surface area contributed by atoms with Crippen LogP contribution < -0.4 is 5.73 Å². The van der Waals surface area contributed by atoms with Gasteiger partial charge in [-0.2, -0.15) is 16.8 Å². The number of hydrogen-bond donors (Lipinski definition) is 3. The smallest absolute Gasteiger partial charge is 0.264 e. The molecule has 0 atom stereocenters. The zero-order valence-corrected chi connectivity index (χ0v) is 11.7. The predicted octanol–water partition coefficient (Wildman–Crippen LogP) is -1.20. The molecule has 0 aromatic heterocycles. The second-order valence-corrected chi connectivity index (χ2v) is 7.05. The van der Waals surface area contributed by atoms with Crippen LogP contribution in [0.15, 0.2) is 0 Å². The average molecular weight is 304 g/mol. The minimum atomic E-state index is -3.97. The summed E-state index contributed by atoms with van der Waals surface area (Å²) in [7, 11) is -7.94. The normalized spacial score (nSPS) is 13.1. The molecular weight excluding hydrogens is 284 g/mol. The maximum atomic E-state index is 10.5. The lowest BCUT2D eigenvalue weighted by Crippen LogP contribution is -2.33. The van der Waals surface area contributed by atoms with E-state index in [1.807, 2.05) is 0 Å². The Morgan fingerprint density at radius 2 is 1.22 bits per heavy atom. The Kier molecular flexibility index (Phi) is 7.90. The van der Waals surface area contributed by atoms with E-state index < -0.39 is 20.2 Å². The lowest BCUT2D eigenvalue weighted by Gasteiger charge is -2.20. The van der Waals surface area contributed by atoms with E-state index in [0.29, 0.717) is 26.2 Å². The summed E-state index contributed by atoms with van der Waals surface area (Å²) >= 11 is 0. The van der Waals surface area contributed by atoms with Crippen molar-refractivity contribution in [2.45, 2.75) is 12.8 Å². The van der Waals surface area contributed by atoms with Gasteiger partial charge in [0.25, 0.3) is 20.2 Å². The van der Waals surface area contributed by atoms with Gasteiger partial charge in [-0.3, -0.25) is 9.11 Å². The molecule has 0 bridgehead atoms. The van der Waals surface area contributed by atoms with Crippen LogP contribution in [-0.2, 0) is 20.2 Å². The van der Waals surface area contributed by atoms with E-state index in [0.717, 1.165) is 0 Å². The second kappa shape index (κ2) is 8.02. The van der Waals surface area contributed by atoms with Gasteiger partial charge in [-0.15, -0.1) is 0 Å². The van der Waals surface area contributed by atoms with E-state index in [4.69, 9.17) is 14.8 Å². The van der Waals surface area contributed by atoms with Crippen LogP contribution in [0.25, 0.3) is 0 Å². The van der Waals surface area contributed by atoms with Crippen molar-refractivity contribution in [1.82, 2.24) is 4.90 Å². The molecule has 0 saturated carbocycles. The minimum absolute atomic E-state index is 0.241. The zero-order chi connectivity index (χ0) is 14.2. The summed E-state index contributed by atoms with van der Waals surface area (Å²) in [6.07, 6.45) is 0.482. The molecule has 18 heavy (non-hydrogen) atoms. The maximum absolute atomic E-state index is 10.5. The Hall–Kier alpha value is -0.260. The van der Waals surface area contributed by atoms with Crippen LogP contribution in [0.3, 0.4) is 0 Å². The SMILES string of the molecule is NCCN(CCCS(=O)(=O)O)CCCS(=O)(=O)O. The largest absolute Gasteiger partial charge is 0.329 e. The molecule has 0 radical (unpaired) electrons. The van der Waals surface area contributed by atoms with Gasteiger partial charge in [0.05, 0.1) is 11.5 Å². The van der Waals surface area contributed by atoms with E-state index in [9.17, 15) is 16.8 Å². The summed E-state index contributed by atoms with van der Waals surface area (Å²) < 4.78 is 59.2. The molecule has 0 fully saturated rings. The Labute approximate surface area is 108 Å². The molecule has 4 N–H and O–H groups in total. The van der Waals surface area contributed by atoms with Crippen molar-refractivity contribution >= 4 is 20.2 Å². The summed E-state index contributed by atoms with van der Waals surface area (Å²) in [5.74, 6) is -0.682. The van der Waals surface area contributed by atoms with Crippen molar-refractivity contribution in [2.24, 2.45) is 5.73 Å². The summed E-state index contributed by atoms with van der Waals surface area (Å²) in [5, 5.41) is 0. The molecule has 0 aliphatic rings. The van der Waals surface area contributed by atoms with E-state index >= 15 is 0 Å². The van der Waals surface area contributed by atoms with Gasteiger partial charge >= 0.3 is 0 Å². The highest BCUT2D eigenvalue weighted by molar-refractivity contribution is 7.86. The van der Waals surface area contributed by atoms with Crippen molar-refractivity contribution < 1.29 is 25.9 Å². The van der Waals surface area contributed by atoms with Crippen LogP contribution in [0.1, 0.15) is 12.8 Å². The first-order valence-electron chi connectivity index (χ1n) is 5.47. The summed E-state index contributed by atoms with van der Waals surface area (Å²) in [6, 6.07) is 0. The summed E-state index contributed by atoms with van der Waals surface area (Å²) in [4.78, 5) is 1.79. The molecule has 0 aliphatic heterocycles. The van der Waals surface area contributed by atoms with E-state index in [-0.39, 0.29) is 24.3 Å². The highest BCUT2D eigenvalue weighted by Gasteiger charge is 2.10. The Morgan fingerprint density at radius 1 is 0.833 bits per heavy atom. The first-order chi connectivity index (χ1) is 8.14. The fraction of sp³-hybridized carbons (Fsp3) is 1.00.